The van der Waals surface area contributed by atoms with Crippen molar-refractivity contribution in [3.8, 4) is 11.1 Å². The molecular formula is C41H38Cl2F6Zr. The first-order valence-corrected chi connectivity index (χ1v) is 20.0. The zero-order valence-electron chi connectivity index (χ0n) is 28.6. The molecule has 0 radical (unpaired) electrons. The van der Waals surface area contributed by atoms with E-state index in [1.165, 1.54) is 49.8 Å². The zero-order valence-corrected chi connectivity index (χ0v) is 32.6. The van der Waals surface area contributed by atoms with E-state index in [0.717, 1.165) is 38.6 Å². The number of allylic oxidation sites excluding steroid dienone is 4. The summed E-state index contributed by atoms with van der Waals surface area (Å²) in [6.45, 7) is 13.1. The van der Waals surface area contributed by atoms with Crippen molar-refractivity contribution in [2.24, 2.45) is 0 Å². The summed E-state index contributed by atoms with van der Waals surface area (Å²) in [7, 11) is 0. The van der Waals surface area contributed by atoms with E-state index in [-0.39, 0.29) is 39.3 Å². The van der Waals surface area contributed by atoms with Gasteiger partial charge in [0.05, 0.1) is 0 Å². The molecule has 0 spiro atoms. The molecule has 0 saturated heterocycles. The number of halogens is 8. The van der Waals surface area contributed by atoms with E-state index in [1.54, 1.807) is 0 Å². The summed E-state index contributed by atoms with van der Waals surface area (Å²) in [6.07, 6.45) is -2.06. The van der Waals surface area contributed by atoms with Crippen LogP contribution in [0.15, 0.2) is 106 Å². The Balaban J connectivity index is 0.00000281. The molecule has 4 aromatic carbocycles. The Morgan fingerprint density at radius 3 is 1.26 bits per heavy atom. The van der Waals surface area contributed by atoms with Gasteiger partial charge in [-0.05, 0) is 0 Å². The van der Waals surface area contributed by atoms with Crippen LogP contribution in [0.2, 0.25) is 0 Å². The average Bonchev–Trinajstić information content (AvgIpc) is 3.65. The summed E-state index contributed by atoms with van der Waals surface area (Å²) in [5, 5.41) is 0. The van der Waals surface area contributed by atoms with Gasteiger partial charge in [-0.2, -0.15) is 0 Å². The third kappa shape index (κ3) is 7.86. The Morgan fingerprint density at radius 2 is 0.940 bits per heavy atom. The van der Waals surface area contributed by atoms with Crippen LogP contribution < -0.4 is 24.8 Å². The first kappa shape index (κ1) is 40.0. The molecule has 0 fully saturated rings. The summed E-state index contributed by atoms with van der Waals surface area (Å²) < 4.78 is 84.3. The molecular weight excluding hydrogens is 769 g/mol. The van der Waals surface area contributed by atoms with Crippen molar-refractivity contribution in [2.75, 3.05) is 0 Å². The Kier molecular flexibility index (Phi) is 11.5. The van der Waals surface area contributed by atoms with Crippen LogP contribution in [0.5, 0.6) is 0 Å². The molecule has 2 aliphatic carbocycles. The van der Waals surface area contributed by atoms with Crippen LogP contribution in [0.1, 0.15) is 96.1 Å². The van der Waals surface area contributed by atoms with Gasteiger partial charge in [-0.3, -0.25) is 0 Å². The first-order chi connectivity index (χ1) is 22.3. The quantitative estimate of drug-likeness (QED) is 0.218. The van der Waals surface area contributed by atoms with E-state index in [2.05, 4.69) is 90.1 Å². The molecule has 0 N–H and O–H groups in total. The molecule has 0 aromatic heterocycles. The van der Waals surface area contributed by atoms with Crippen LogP contribution >= 0.6 is 0 Å². The normalized spacial score (nSPS) is 14.2. The molecule has 0 unspecified atom stereocenters. The van der Waals surface area contributed by atoms with Gasteiger partial charge >= 0.3 is 288 Å². The van der Waals surface area contributed by atoms with E-state index >= 15 is 0 Å². The molecule has 0 amide bonds. The van der Waals surface area contributed by atoms with Gasteiger partial charge in [0.15, 0.2) is 0 Å². The molecule has 6 rings (SSSR count). The second kappa shape index (κ2) is 14.4. The van der Waals surface area contributed by atoms with Gasteiger partial charge in [0.1, 0.15) is 0 Å². The van der Waals surface area contributed by atoms with Gasteiger partial charge in [-0.25, -0.2) is 0 Å². The molecule has 0 nitrogen and oxygen atoms in total. The van der Waals surface area contributed by atoms with Crippen LogP contribution in [0.3, 0.4) is 0 Å². The smallest absolute Gasteiger partial charge is 1.00 e. The molecule has 0 bridgehead atoms. The fourth-order valence-corrected chi connectivity index (χ4v) is 15.8. The number of fused-ring (bicyclic) bond motifs is 3. The number of hydrogen-bond acceptors (Lipinski definition) is 0. The van der Waals surface area contributed by atoms with Gasteiger partial charge in [-0.15, -0.1) is 0 Å². The predicted molar refractivity (Wildman–Crippen MR) is 179 cm³/mol. The summed E-state index contributed by atoms with van der Waals surface area (Å²) >= 11 is -3.32. The van der Waals surface area contributed by atoms with Crippen molar-refractivity contribution in [1.29, 1.82) is 0 Å². The molecule has 0 saturated carbocycles. The van der Waals surface area contributed by atoms with Crippen molar-refractivity contribution >= 4 is 3.21 Å². The summed E-state index contributed by atoms with van der Waals surface area (Å²) in [4.78, 5) is 0. The van der Waals surface area contributed by atoms with E-state index in [0.29, 0.717) is 17.5 Å². The second-order valence-corrected chi connectivity index (χ2v) is 21.1. The van der Waals surface area contributed by atoms with Crippen molar-refractivity contribution < 1.29 is 72.4 Å². The van der Waals surface area contributed by atoms with Crippen molar-refractivity contribution in [3.05, 3.63) is 151 Å². The molecule has 0 aliphatic heterocycles. The van der Waals surface area contributed by atoms with Crippen LogP contribution in [-0.2, 0) is 44.4 Å². The van der Waals surface area contributed by atoms with E-state index < -0.39 is 44.7 Å². The molecule has 0 atom stereocenters. The Hall–Kier alpha value is -2.73. The number of rotatable bonds is 4. The predicted octanol–water partition coefficient (Wildman–Crippen LogP) is 6.13. The van der Waals surface area contributed by atoms with Gasteiger partial charge in [0, 0.05) is 0 Å². The first-order valence-electron chi connectivity index (χ1n) is 16.1. The average molecular weight is 807 g/mol. The van der Waals surface area contributed by atoms with E-state index in [9.17, 15) is 26.3 Å². The third-order valence-corrected chi connectivity index (χ3v) is 17.7. The van der Waals surface area contributed by atoms with E-state index in [1.807, 2.05) is 6.08 Å². The Morgan fingerprint density at radius 1 is 0.560 bits per heavy atom. The molecule has 9 heteroatoms. The second-order valence-electron chi connectivity index (χ2n) is 14.8. The Labute approximate surface area is 310 Å². The van der Waals surface area contributed by atoms with Crippen LogP contribution in [0, 0.1) is 0 Å². The molecule has 2 aliphatic rings. The fourth-order valence-electron chi connectivity index (χ4n) is 6.76. The zero-order chi connectivity index (χ0) is 34.8. The minimum Gasteiger partial charge on any atom is -1.00 e. The summed E-state index contributed by atoms with van der Waals surface area (Å²) in [5.74, 6) is 0. The molecule has 262 valence electrons. The largest absolute Gasteiger partial charge is 1.00 e. The number of alkyl halides is 6. The summed E-state index contributed by atoms with van der Waals surface area (Å²) in [5.41, 5.74) is 6.65. The molecule has 50 heavy (non-hydrogen) atoms. The fraction of sp³-hybridized carbons (Fsp3) is 0.293. The monoisotopic (exact) mass is 804 g/mol. The summed E-state index contributed by atoms with van der Waals surface area (Å²) in [6, 6.07) is 23.7. The Bertz CT molecular complexity index is 1850. The van der Waals surface area contributed by atoms with Crippen LogP contribution in [0.4, 0.5) is 26.3 Å². The van der Waals surface area contributed by atoms with Gasteiger partial charge in [0.25, 0.3) is 0 Å². The van der Waals surface area contributed by atoms with Crippen molar-refractivity contribution in [1.82, 2.24) is 0 Å². The minimum atomic E-state index is -4.51. The van der Waals surface area contributed by atoms with Gasteiger partial charge in [0.2, 0.25) is 0 Å². The maximum atomic E-state index is 13.7. The number of benzene rings is 4. The van der Waals surface area contributed by atoms with Crippen LogP contribution in [0.25, 0.3) is 11.1 Å². The van der Waals surface area contributed by atoms with Gasteiger partial charge < -0.3 is 24.8 Å². The van der Waals surface area contributed by atoms with Crippen LogP contribution in [-0.4, -0.2) is 3.21 Å². The molecule has 0 heterocycles. The third-order valence-electron chi connectivity index (χ3n) is 9.43. The molecule has 4 aromatic rings. The SMILES string of the molecule is CC(C)(C)c1ccc2c(c1)-c1cc(C(C)(C)C)ccc1[CH]2[Zr+2]([C]1=CC=CC1)=[C](c1ccc(C(F)(F)F)cc1)c1ccc(C(F)(F)F)cc1.[Cl-].[Cl-]. The van der Waals surface area contributed by atoms with Gasteiger partial charge in [-0.1, -0.05) is 0 Å². The number of hydrogen-bond donors (Lipinski definition) is 0. The van der Waals surface area contributed by atoms with Crippen molar-refractivity contribution in [3.63, 3.8) is 0 Å². The maximum Gasteiger partial charge on any atom is -1.00 e. The maximum absolute atomic E-state index is 13.7. The van der Waals surface area contributed by atoms with Crippen molar-refractivity contribution in [2.45, 2.75) is 74.8 Å². The standard InChI is InChI=1S/C21H25.C15H8F6.C5H5.2ClH.Zr/c1-20(2,3)16-9-7-14-11-15-8-10-17(21(4,5)6)13-19(15)18(14)12-16;16-14(17,18)12-5-1-10(2-6-12)9-11-3-7-13(8-4-11)15(19,20)21;1-2-4-5-3-1;;;/h7-13H,1-6H3;1-8H;1-3H,4H2;2*1H;/q;;;;;+2/p-2. The minimum absolute atomic E-state index is 0. The van der Waals surface area contributed by atoms with E-state index in [4.69, 9.17) is 0 Å². The topological polar surface area (TPSA) is 0 Å².